The molecule has 0 rings (SSSR count). The van der Waals surface area contributed by atoms with Gasteiger partial charge in [-0.2, -0.15) is 0 Å². The summed E-state index contributed by atoms with van der Waals surface area (Å²) in [6.45, 7) is 8.91. The first kappa shape index (κ1) is 18.7. The predicted molar refractivity (Wildman–Crippen MR) is 66.4 cm³/mol. The summed E-state index contributed by atoms with van der Waals surface area (Å²) in [4.78, 5) is 0. The Bertz CT molecular complexity index is 42.0. The van der Waals surface area contributed by atoms with Crippen molar-refractivity contribution in [1.29, 1.82) is 0 Å². The smallest absolute Gasteiger partial charge is 0.0533 e. The fraction of sp³-hybridized carbons (Fsp3) is 1.00. The standard InChI is InChI=1S/C7H16.C5H12.CH4/c1-3-5-7-6-4-2;1-3-5-4-2;/h3-7H2,1-2H3;3-5H2,1-2H3;1H4. The van der Waals surface area contributed by atoms with Gasteiger partial charge >= 0.3 is 0 Å². The quantitative estimate of drug-likeness (QED) is 0.461. The lowest BCUT2D eigenvalue weighted by Crippen LogP contribution is -1.70. The molecule has 0 aromatic carbocycles. The van der Waals surface area contributed by atoms with Crippen molar-refractivity contribution in [1.82, 2.24) is 0 Å². The topological polar surface area (TPSA) is 0 Å². The van der Waals surface area contributed by atoms with Crippen molar-refractivity contribution < 1.29 is 0 Å². The zero-order valence-electron chi connectivity index (χ0n) is 9.66. The van der Waals surface area contributed by atoms with Crippen LogP contribution in [0, 0.1) is 0 Å². The highest BCUT2D eigenvalue weighted by atomic mass is 13.9. The van der Waals surface area contributed by atoms with Crippen LogP contribution >= 0.6 is 0 Å². The van der Waals surface area contributed by atoms with Crippen molar-refractivity contribution in [2.75, 3.05) is 0 Å². The van der Waals surface area contributed by atoms with Crippen LogP contribution in [0.4, 0.5) is 0 Å². The molecule has 0 aromatic rings. The van der Waals surface area contributed by atoms with Crippen LogP contribution in [-0.4, -0.2) is 0 Å². The summed E-state index contributed by atoms with van der Waals surface area (Å²) in [6, 6.07) is 0. The average molecular weight is 188 g/mol. The Hall–Kier alpha value is 0. The molecule has 0 aliphatic rings. The zero-order chi connectivity index (χ0) is 9.66. The first-order valence-electron chi connectivity index (χ1n) is 5.83. The van der Waals surface area contributed by atoms with Crippen LogP contribution in [0.25, 0.3) is 0 Å². The van der Waals surface area contributed by atoms with E-state index in [1.807, 2.05) is 0 Å². The summed E-state index contributed by atoms with van der Waals surface area (Å²) in [5.74, 6) is 0. The molecule has 0 N–H and O–H groups in total. The van der Waals surface area contributed by atoms with Gasteiger partial charge in [-0.15, -0.1) is 0 Å². The minimum atomic E-state index is 0. The maximum Gasteiger partial charge on any atom is -0.0533 e. The third kappa shape index (κ3) is 33.3. The van der Waals surface area contributed by atoms with Gasteiger partial charge in [0.05, 0.1) is 0 Å². The van der Waals surface area contributed by atoms with Crippen LogP contribution in [0.2, 0.25) is 0 Å². The van der Waals surface area contributed by atoms with Crippen LogP contribution in [0.3, 0.4) is 0 Å². The van der Waals surface area contributed by atoms with Crippen LogP contribution in [0.1, 0.15) is 86.5 Å². The zero-order valence-corrected chi connectivity index (χ0v) is 9.66. The highest BCUT2D eigenvalue weighted by Crippen LogP contribution is 2.00. The van der Waals surface area contributed by atoms with E-state index >= 15 is 0 Å². The third-order valence-electron chi connectivity index (χ3n) is 1.91. The number of hydrogen-bond donors (Lipinski definition) is 0. The third-order valence-corrected chi connectivity index (χ3v) is 1.91. The van der Waals surface area contributed by atoms with E-state index in [4.69, 9.17) is 0 Å². The van der Waals surface area contributed by atoms with Crippen LogP contribution < -0.4 is 0 Å². The van der Waals surface area contributed by atoms with Crippen LogP contribution in [-0.2, 0) is 0 Å². The molecular formula is C13H32. The Labute approximate surface area is 87.1 Å². The van der Waals surface area contributed by atoms with Gasteiger partial charge < -0.3 is 0 Å². The number of unbranched alkanes of at least 4 members (excludes halogenated alkanes) is 6. The molecule has 0 saturated heterocycles. The summed E-state index contributed by atoms with van der Waals surface area (Å²) in [5, 5.41) is 0. The monoisotopic (exact) mass is 188 g/mol. The molecule has 0 bridgehead atoms. The summed E-state index contributed by atoms with van der Waals surface area (Å²) >= 11 is 0. The Morgan fingerprint density at radius 3 is 0.923 bits per heavy atom. The van der Waals surface area contributed by atoms with E-state index in [-0.39, 0.29) is 7.43 Å². The lowest BCUT2D eigenvalue weighted by Gasteiger charge is -1.90. The molecule has 0 unspecified atom stereocenters. The lowest BCUT2D eigenvalue weighted by molar-refractivity contribution is 0.656. The SMILES string of the molecule is C.CCCCC.CCCCCCC. The van der Waals surface area contributed by atoms with E-state index < -0.39 is 0 Å². The molecule has 13 heavy (non-hydrogen) atoms. The summed E-state index contributed by atoms with van der Waals surface area (Å²) in [6.07, 6.45) is 11.1. The molecule has 0 saturated carbocycles. The Kier molecular flexibility index (Phi) is 32.7. The van der Waals surface area contributed by atoms with E-state index in [1.165, 1.54) is 51.4 Å². The Balaban J connectivity index is -0.000000150. The largest absolute Gasteiger partial charge is 0.0776 e. The van der Waals surface area contributed by atoms with Crippen LogP contribution in [0.5, 0.6) is 0 Å². The normalized spacial score (nSPS) is 8.31. The summed E-state index contributed by atoms with van der Waals surface area (Å²) in [7, 11) is 0. The molecule has 0 heteroatoms. The molecule has 0 amide bonds. The molecule has 0 nitrogen and oxygen atoms in total. The molecule has 0 radical (unpaired) electrons. The average Bonchev–Trinajstić information content (AvgIpc) is 2.08. The van der Waals surface area contributed by atoms with Gasteiger partial charge in [0.1, 0.15) is 0 Å². The number of rotatable bonds is 6. The van der Waals surface area contributed by atoms with Crippen molar-refractivity contribution in [2.45, 2.75) is 86.5 Å². The van der Waals surface area contributed by atoms with Gasteiger partial charge in [0.15, 0.2) is 0 Å². The molecule has 0 heterocycles. The van der Waals surface area contributed by atoms with Gasteiger partial charge in [-0.25, -0.2) is 0 Å². The van der Waals surface area contributed by atoms with E-state index in [0.29, 0.717) is 0 Å². The van der Waals surface area contributed by atoms with Gasteiger partial charge in [0, 0.05) is 0 Å². The second-order valence-corrected chi connectivity index (χ2v) is 3.41. The maximum absolute atomic E-state index is 2.25. The molecule has 84 valence electrons. The van der Waals surface area contributed by atoms with Crippen molar-refractivity contribution >= 4 is 0 Å². The summed E-state index contributed by atoms with van der Waals surface area (Å²) < 4.78 is 0. The van der Waals surface area contributed by atoms with Crippen molar-refractivity contribution in [3.63, 3.8) is 0 Å². The van der Waals surface area contributed by atoms with Crippen molar-refractivity contribution in [2.24, 2.45) is 0 Å². The molecule has 0 aliphatic carbocycles. The van der Waals surface area contributed by atoms with Crippen LogP contribution in [0.15, 0.2) is 0 Å². The molecule has 0 fully saturated rings. The maximum atomic E-state index is 2.25. The molecular weight excluding hydrogens is 156 g/mol. The highest BCUT2D eigenvalue weighted by Gasteiger charge is 1.80. The lowest BCUT2D eigenvalue weighted by atomic mass is 10.2. The van der Waals surface area contributed by atoms with E-state index in [9.17, 15) is 0 Å². The number of hydrogen-bond acceptors (Lipinski definition) is 0. The first-order valence-corrected chi connectivity index (χ1v) is 5.83. The fourth-order valence-electron chi connectivity index (χ4n) is 1.03. The second-order valence-electron chi connectivity index (χ2n) is 3.41. The van der Waals surface area contributed by atoms with Gasteiger partial charge in [0.2, 0.25) is 0 Å². The van der Waals surface area contributed by atoms with Gasteiger partial charge in [-0.3, -0.25) is 0 Å². The Morgan fingerprint density at radius 1 is 0.462 bits per heavy atom. The minimum Gasteiger partial charge on any atom is -0.0776 e. The van der Waals surface area contributed by atoms with Gasteiger partial charge in [-0.1, -0.05) is 86.5 Å². The van der Waals surface area contributed by atoms with Crippen molar-refractivity contribution in [3.8, 4) is 0 Å². The summed E-state index contributed by atoms with van der Waals surface area (Å²) in [5.41, 5.74) is 0. The fourth-order valence-corrected chi connectivity index (χ4v) is 1.03. The van der Waals surface area contributed by atoms with Gasteiger partial charge in [0.25, 0.3) is 0 Å². The van der Waals surface area contributed by atoms with E-state index in [1.54, 1.807) is 0 Å². The molecule has 0 spiro atoms. The van der Waals surface area contributed by atoms with E-state index in [2.05, 4.69) is 27.7 Å². The molecule has 0 aliphatic heterocycles. The highest BCUT2D eigenvalue weighted by molar-refractivity contribution is 4.35. The first-order chi connectivity index (χ1) is 5.83. The minimum absolute atomic E-state index is 0. The van der Waals surface area contributed by atoms with Gasteiger partial charge in [-0.05, 0) is 0 Å². The molecule has 0 atom stereocenters. The predicted octanol–water partition coefficient (Wildman–Crippen LogP) is 5.81. The second kappa shape index (κ2) is 22.7. The Morgan fingerprint density at radius 2 is 0.769 bits per heavy atom. The molecule has 0 aromatic heterocycles. The van der Waals surface area contributed by atoms with Crippen molar-refractivity contribution in [3.05, 3.63) is 0 Å². The van der Waals surface area contributed by atoms with E-state index in [0.717, 1.165) is 0 Å².